The first-order valence-electron chi connectivity index (χ1n) is 6.36. The molecule has 0 saturated carbocycles. The first-order valence-corrected chi connectivity index (χ1v) is 6.36. The van der Waals surface area contributed by atoms with Crippen LogP contribution in [0, 0.1) is 0 Å². The summed E-state index contributed by atoms with van der Waals surface area (Å²) in [6.07, 6.45) is 4.46. The van der Waals surface area contributed by atoms with Crippen LogP contribution in [-0.2, 0) is 11.2 Å². The second-order valence-electron chi connectivity index (χ2n) is 4.78. The van der Waals surface area contributed by atoms with Gasteiger partial charge in [0.1, 0.15) is 6.04 Å². The number of benzene rings is 1. The van der Waals surface area contributed by atoms with Crippen LogP contribution in [0.5, 0.6) is 0 Å². The number of nitrogens with one attached hydrogen (secondary N) is 1. The van der Waals surface area contributed by atoms with Crippen LogP contribution in [0.3, 0.4) is 0 Å². The standard InChI is InChI=1S/C14H16N4O/c1-9(14(15)19)18-8-16-7-12(18)11-4-2-3-10-5-6-17-13(10)11/h2-4,7-9,17H,5-6H2,1H3,(H2,15,19). The molecule has 1 unspecified atom stereocenters. The third-order valence-electron chi connectivity index (χ3n) is 3.62. The van der Waals surface area contributed by atoms with Crippen molar-refractivity contribution in [2.24, 2.45) is 5.73 Å². The number of para-hydroxylation sites is 1. The maximum Gasteiger partial charge on any atom is 0.240 e. The first kappa shape index (κ1) is 11.8. The second-order valence-corrected chi connectivity index (χ2v) is 4.78. The Morgan fingerprint density at radius 3 is 3.16 bits per heavy atom. The van der Waals surface area contributed by atoms with E-state index < -0.39 is 6.04 Å². The largest absolute Gasteiger partial charge is 0.384 e. The molecule has 19 heavy (non-hydrogen) atoms. The molecule has 0 aliphatic carbocycles. The van der Waals surface area contributed by atoms with E-state index in [1.807, 2.05) is 16.7 Å². The molecule has 1 aliphatic rings. The van der Waals surface area contributed by atoms with E-state index in [9.17, 15) is 4.79 Å². The van der Waals surface area contributed by atoms with Crippen LogP contribution in [0.4, 0.5) is 5.69 Å². The first-order chi connectivity index (χ1) is 9.18. The van der Waals surface area contributed by atoms with Crippen LogP contribution in [-0.4, -0.2) is 22.0 Å². The predicted molar refractivity (Wildman–Crippen MR) is 73.8 cm³/mol. The van der Waals surface area contributed by atoms with E-state index in [2.05, 4.69) is 16.4 Å². The molecule has 0 radical (unpaired) electrons. The summed E-state index contributed by atoms with van der Waals surface area (Å²) in [5.41, 5.74) is 9.81. The lowest BCUT2D eigenvalue weighted by Gasteiger charge is -2.15. The summed E-state index contributed by atoms with van der Waals surface area (Å²) >= 11 is 0. The normalized spacial score (nSPS) is 14.8. The van der Waals surface area contributed by atoms with Gasteiger partial charge in [0.2, 0.25) is 5.91 Å². The van der Waals surface area contributed by atoms with Gasteiger partial charge in [-0.15, -0.1) is 0 Å². The van der Waals surface area contributed by atoms with E-state index in [0.29, 0.717) is 0 Å². The van der Waals surface area contributed by atoms with Gasteiger partial charge in [0.05, 0.1) is 18.2 Å². The summed E-state index contributed by atoms with van der Waals surface area (Å²) in [5, 5.41) is 3.40. The number of carbonyl (C=O) groups is 1. The summed E-state index contributed by atoms with van der Waals surface area (Å²) in [4.78, 5) is 15.5. The molecule has 0 bridgehead atoms. The number of anilines is 1. The summed E-state index contributed by atoms with van der Waals surface area (Å²) in [5.74, 6) is -0.361. The van der Waals surface area contributed by atoms with Crippen molar-refractivity contribution in [3.63, 3.8) is 0 Å². The number of nitrogens with zero attached hydrogens (tertiary/aromatic N) is 2. The molecular weight excluding hydrogens is 240 g/mol. The highest BCUT2D eigenvalue weighted by Crippen LogP contribution is 2.34. The maximum absolute atomic E-state index is 11.4. The molecule has 1 aromatic heterocycles. The molecule has 2 heterocycles. The van der Waals surface area contributed by atoms with Crippen LogP contribution in [0.25, 0.3) is 11.3 Å². The molecule has 3 N–H and O–H groups in total. The minimum atomic E-state index is -0.408. The molecule has 0 fully saturated rings. The highest BCUT2D eigenvalue weighted by molar-refractivity contribution is 5.82. The van der Waals surface area contributed by atoms with Gasteiger partial charge < -0.3 is 15.6 Å². The quantitative estimate of drug-likeness (QED) is 0.875. The summed E-state index contributed by atoms with van der Waals surface area (Å²) in [7, 11) is 0. The summed E-state index contributed by atoms with van der Waals surface area (Å²) in [6.45, 7) is 2.73. The number of amides is 1. The van der Waals surface area contributed by atoms with Gasteiger partial charge >= 0.3 is 0 Å². The van der Waals surface area contributed by atoms with E-state index >= 15 is 0 Å². The summed E-state index contributed by atoms with van der Waals surface area (Å²) in [6, 6.07) is 5.79. The fourth-order valence-electron chi connectivity index (χ4n) is 2.51. The zero-order chi connectivity index (χ0) is 13.4. The van der Waals surface area contributed by atoms with Crippen molar-refractivity contribution in [2.45, 2.75) is 19.4 Å². The minimum Gasteiger partial charge on any atom is -0.384 e. The number of imidazole rings is 1. The zero-order valence-electron chi connectivity index (χ0n) is 10.8. The molecule has 5 heteroatoms. The highest BCUT2D eigenvalue weighted by atomic mass is 16.1. The SMILES string of the molecule is CC(C(N)=O)n1cncc1-c1cccc2c1NCC2. The van der Waals surface area contributed by atoms with Gasteiger partial charge in [-0.1, -0.05) is 18.2 Å². The van der Waals surface area contributed by atoms with E-state index in [1.54, 1.807) is 19.4 Å². The smallest absolute Gasteiger partial charge is 0.240 e. The van der Waals surface area contributed by atoms with Crippen LogP contribution < -0.4 is 11.1 Å². The Labute approximate surface area is 111 Å². The molecule has 1 aliphatic heterocycles. The van der Waals surface area contributed by atoms with Crippen molar-refractivity contribution in [2.75, 3.05) is 11.9 Å². The fraction of sp³-hybridized carbons (Fsp3) is 0.286. The van der Waals surface area contributed by atoms with Gasteiger partial charge in [-0.05, 0) is 18.9 Å². The molecule has 0 saturated heterocycles. The van der Waals surface area contributed by atoms with Crippen LogP contribution in [0.2, 0.25) is 0 Å². The number of fused-ring (bicyclic) bond motifs is 1. The van der Waals surface area contributed by atoms with Crippen molar-refractivity contribution >= 4 is 11.6 Å². The molecular formula is C14H16N4O. The van der Waals surface area contributed by atoms with E-state index in [1.165, 1.54) is 5.56 Å². The number of hydrogen-bond acceptors (Lipinski definition) is 3. The topological polar surface area (TPSA) is 72.9 Å². The Hall–Kier alpha value is -2.30. The monoisotopic (exact) mass is 256 g/mol. The van der Waals surface area contributed by atoms with Crippen molar-refractivity contribution in [3.8, 4) is 11.3 Å². The molecule has 98 valence electrons. The second kappa shape index (κ2) is 4.42. The molecule has 5 nitrogen and oxygen atoms in total. The Bertz CT molecular complexity index is 632. The van der Waals surface area contributed by atoms with Crippen molar-refractivity contribution in [3.05, 3.63) is 36.3 Å². The maximum atomic E-state index is 11.4. The van der Waals surface area contributed by atoms with E-state index in [0.717, 1.165) is 29.9 Å². The van der Waals surface area contributed by atoms with Crippen molar-refractivity contribution in [1.82, 2.24) is 9.55 Å². The zero-order valence-corrected chi connectivity index (χ0v) is 10.8. The van der Waals surface area contributed by atoms with Gasteiger partial charge in [-0.25, -0.2) is 4.98 Å². The highest BCUT2D eigenvalue weighted by Gasteiger charge is 2.20. The Kier molecular flexibility index (Phi) is 2.74. The lowest BCUT2D eigenvalue weighted by molar-refractivity contribution is -0.120. The Balaban J connectivity index is 2.12. The van der Waals surface area contributed by atoms with Crippen molar-refractivity contribution < 1.29 is 4.79 Å². The lowest BCUT2D eigenvalue weighted by atomic mass is 10.0. The average Bonchev–Trinajstić information content (AvgIpc) is 3.05. The fourth-order valence-corrected chi connectivity index (χ4v) is 2.51. The van der Waals surface area contributed by atoms with Crippen LogP contribution in [0.1, 0.15) is 18.5 Å². The van der Waals surface area contributed by atoms with Gasteiger partial charge in [-0.2, -0.15) is 0 Å². The molecule has 3 rings (SSSR count). The van der Waals surface area contributed by atoms with Gasteiger partial charge in [0.25, 0.3) is 0 Å². The van der Waals surface area contributed by atoms with Gasteiger partial charge in [0, 0.05) is 17.8 Å². The number of rotatable bonds is 3. The molecule has 2 aromatic rings. The van der Waals surface area contributed by atoms with Gasteiger partial charge in [-0.3, -0.25) is 4.79 Å². The minimum absolute atomic E-state index is 0.361. The van der Waals surface area contributed by atoms with Gasteiger partial charge in [0.15, 0.2) is 0 Å². The lowest BCUT2D eigenvalue weighted by Crippen LogP contribution is -2.24. The van der Waals surface area contributed by atoms with Crippen molar-refractivity contribution in [1.29, 1.82) is 0 Å². The average molecular weight is 256 g/mol. The number of primary amides is 1. The van der Waals surface area contributed by atoms with E-state index in [4.69, 9.17) is 5.73 Å². The van der Waals surface area contributed by atoms with E-state index in [-0.39, 0.29) is 5.91 Å². The third-order valence-corrected chi connectivity index (χ3v) is 3.62. The molecule has 1 aromatic carbocycles. The predicted octanol–water partition coefficient (Wildman–Crippen LogP) is 1.56. The van der Waals surface area contributed by atoms with Crippen LogP contribution >= 0.6 is 0 Å². The molecule has 1 atom stereocenters. The molecule has 0 spiro atoms. The van der Waals surface area contributed by atoms with Crippen LogP contribution in [0.15, 0.2) is 30.7 Å². The number of carbonyl (C=O) groups excluding carboxylic acids is 1. The number of aromatic nitrogens is 2. The molecule has 1 amide bonds. The Morgan fingerprint density at radius 2 is 2.37 bits per heavy atom. The number of hydrogen-bond donors (Lipinski definition) is 2. The number of nitrogens with two attached hydrogens (primary N) is 1. The Morgan fingerprint density at radius 1 is 1.53 bits per heavy atom. The third kappa shape index (κ3) is 1.87. The summed E-state index contributed by atoms with van der Waals surface area (Å²) < 4.78 is 1.82.